The van der Waals surface area contributed by atoms with Gasteiger partial charge in [0.05, 0.1) is 0 Å². The van der Waals surface area contributed by atoms with Crippen LogP contribution in [0.15, 0.2) is 12.7 Å². The molecule has 2 fully saturated rings. The number of unbranched alkanes of at least 4 members (excludes halogenated alkanes) is 1. The van der Waals surface area contributed by atoms with Crippen molar-refractivity contribution in [3.05, 3.63) is 12.7 Å². The van der Waals surface area contributed by atoms with Crippen molar-refractivity contribution in [3.8, 4) is 0 Å². The van der Waals surface area contributed by atoms with Crippen LogP contribution < -0.4 is 0 Å². The Labute approximate surface area is 146 Å². The molecule has 0 unspecified atom stereocenters. The second-order valence-corrected chi connectivity index (χ2v) is 8.71. The SMILES string of the molecule is C=CCCC1CCC(CCCCC2CCC(CCC)CC2)CC1. The third-order valence-electron chi connectivity index (χ3n) is 6.88. The molecule has 2 aliphatic carbocycles. The van der Waals surface area contributed by atoms with E-state index in [1.807, 2.05) is 0 Å². The lowest BCUT2D eigenvalue weighted by atomic mass is 9.76. The summed E-state index contributed by atoms with van der Waals surface area (Å²) in [6.07, 6.45) is 25.9. The Balaban J connectivity index is 1.46. The van der Waals surface area contributed by atoms with Gasteiger partial charge in [-0.05, 0) is 36.5 Å². The molecule has 0 aromatic carbocycles. The Morgan fingerprint density at radius 1 is 0.652 bits per heavy atom. The first-order valence-electron chi connectivity index (χ1n) is 10.9. The molecule has 0 radical (unpaired) electrons. The van der Waals surface area contributed by atoms with Crippen molar-refractivity contribution >= 4 is 0 Å². The van der Waals surface area contributed by atoms with E-state index in [2.05, 4.69) is 19.6 Å². The quantitative estimate of drug-likeness (QED) is 0.283. The van der Waals surface area contributed by atoms with Crippen LogP contribution in [0.5, 0.6) is 0 Å². The average Bonchev–Trinajstić information content (AvgIpc) is 2.59. The van der Waals surface area contributed by atoms with Crippen molar-refractivity contribution in [2.45, 2.75) is 110 Å². The first-order chi connectivity index (χ1) is 11.3. The first kappa shape index (κ1) is 19.1. The lowest BCUT2D eigenvalue weighted by Crippen LogP contribution is -2.15. The van der Waals surface area contributed by atoms with Gasteiger partial charge in [0.15, 0.2) is 0 Å². The molecular formula is C23H42. The zero-order chi connectivity index (χ0) is 16.3. The van der Waals surface area contributed by atoms with Crippen LogP contribution in [0.3, 0.4) is 0 Å². The largest absolute Gasteiger partial charge is 0.103 e. The minimum atomic E-state index is 1.02. The van der Waals surface area contributed by atoms with Crippen LogP contribution in [-0.2, 0) is 0 Å². The van der Waals surface area contributed by atoms with E-state index < -0.39 is 0 Å². The van der Waals surface area contributed by atoms with E-state index in [-0.39, 0.29) is 0 Å². The fourth-order valence-corrected chi connectivity index (χ4v) is 5.25. The van der Waals surface area contributed by atoms with Crippen molar-refractivity contribution in [1.29, 1.82) is 0 Å². The summed E-state index contributed by atoms with van der Waals surface area (Å²) in [6.45, 7) is 6.21. The third-order valence-corrected chi connectivity index (χ3v) is 6.88. The van der Waals surface area contributed by atoms with E-state index in [0.29, 0.717) is 0 Å². The number of hydrogen-bond acceptors (Lipinski definition) is 0. The van der Waals surface area contributed by atoms with Crippen molar-refractivity contribution < 1.29 is 0 Å². The molecule has 2 saturated carbocycles. The maximum Gasteiger partial charge on any atom is -0.0351 e. The van der Waals surface area contributed by atoms with E-state index in [1.165, 1.54) is 89.9 Å². The fraction of sp³-hybridized carbons (Fsp3) is 0.913. The zero-order valence-electron chi connectivity index (χ0n) is 15.9. The predicted molar refractivity (Wildman–Crippen MR) is 104 cm³/mol. The monoisotopic (exact) mass is 318 g/mol. The number of hydrogen-bond donors (Lipinski definition) is 0. The molecule has 0 heteroatoms. The zero-order valence-corrected chi connectivity index (χ0v) is 15.9. The van der Waals surface area contributed by atoms with Crippen LogP contribution in [-0.4, -0.2) is 0 Å². The van der Waals surface area contributed by atoms with Crippen molar-refractivity contribution in [2.75, 3.05) is 0 Å². The van der Waals surface area contributed by atoms with Crippen molar-refractivity contribution in [2.24, 2.45) is 23.7 Å². The normalized spacial score (nSPS) is 31.9. The van der Waals surface area contributed by atoms with E-state index in [1.54, 1.807) is 12.8 Å². The summed E-state index contributed by atoms with van der Waals surface area (Å²) < 4.78 is 0. The highest BCUT2D eigenvalue weighted by molar-refractivity contribution is 4.77. The van der Waals surface area contributed by atoms with Gasteiger partial charge in [0.2, 0.25) is 0 Å². The van der Waals surface area contributed by atoms with Gasteiger partial charge in [-0.1, -0.05) is 103 Å². The van der Waals surface area contributed by atoms with Crippen LogP contribution in [0, 0.1) is 23.7 Å². The van der Waals surface area contributed by atoms with E-state index >= 15 is 0 Å². The fourth-order valence-electron chi connectivity index (χ4n) is 5.25. The standard InChI is InChI=1S/C23H42/c1-3-5-9-21-16-18-23(19-17-21)11-7-6-10-22-14-12-20(8-4-2)13-15-22/h3,20-23H,1,4-19H2,2H3. The topological polar surface area (TPSA) is 0 Å². The second-order valence-electron chi connectivity index (χ2n) is 8.71. The highest BCUT2D eigenvalue weighted by Crippen LogP contribution is 2.36. The van der Waals surface area contributed by atoms with Gasteiger partial charge in [-0.15, -0.1) is 6.58 Å². The first-order valence-corrected chi connectivity index (χ1v) is 10.9. The molecule has 0 amide bonds. The van der Waals surface area contributed by atoms with Gasteiger partial charge >= 0.3 is 0 Å². The Bertz CT molecular complexity index is 289. The maximum absolute atomic E-state index is 3.86. The summed E-state index contributed by atoms with van der Waals surface area (Å²) in [5, 5.41) is 0. The van der Waals surface area contributed by atoms with Crippen LogP contribution in [0.25, 0.3) is 0 Å². The van der Waals surface area contributed by atoms with Crippen LogP contribution >= 0.6 is 0 Å². The second kappa shape index (κ2) is 11.3. The number of rotatable bonds is 10. The lowest BCUT2D eigenvalue weighted by molar-refractivity contribution is 0.234. The summed E-state index contributed by atoms with van der Waals surface area (Å²) in [5.41, 5.74) is 0. The molecule has 0 aromatic rings. The predicted octanol–water partition coefficient (Wildman–Crippen LogP) is 7.93. The number of allylic oxidation sites excluding steroid dienone is 1. The molecule has 0 saturated heterocycles. The molecule has 0 atom stereocenters. The molecule has 0 heterocycles. The summed E-state index contributed by atoms with van der Waals surface area (Å²) in [7, 11) is 0. The Morgan fingerprint density at radius 3 is 1.43 bits per heavy atom. The van der Waals surface area contributed by atoms with Gasteiger partial charge in [-0.3, -0.25) is 0 Å². The van der Waals surface area contributed by atoms with Gasteiger partial charge in [0, 0.05) is 0 Å². The molecule has 0 aromatic heterocycles. The highest BCUT2D eigenvalue weighted by atomic mass is 14.3. The molecule has 0 spiro atoms. The van der Waals surface area contributed by atoms with Gasteiger partial charge in [-0.25, -0.2) is 0 Å². The molecule has 134 valence electrons. The van der Waals surface area contributed by atoms with Gasteiger partial charge in [0.25, 0.3) is 0 Å². The molecular weight excluding hydrogens is 276 g/mol. The smallest absolute Gasteiger partial charge is 0.0351 e. The molecule has 0 nitrogen and oxygen atoms in total. The molecule has 0 aliphatic heterocycles. The molecule has 0 N–H and O–H groups in total. The van der Waals surface area contributed by atoms with Crippen LogP contribution in [0.2, 0.25) is 0 Å². The van der Waals surface area contributed by atoms with Gasteiger partial charge in [-0.2, -0.15) is 0 Å². The summed E-state index contributed by atoms with van der Waals surface area (Å²) >= 11 is 0. The van der Waals surface area contributed by atoms with Crippen molar-refractivity contribution in [3.63, 3.8) is 0 Å². The molecule has 2 aliphatic rings. The van der Waals surface area contributed by atoms with Crippen LogP contribution in [0.4, 0.5) is 0 Å². The van der Waals surface area contributed by atoms with Crippen LogP contribution in [0.1, 0.15) is 110 Å². The highest BCUT2D eigenvalue weighted by Gasteiger charge is 2.22. The third kappa shape index (κ3) is 7.44. The van der Waals surface area contributed by atoms with Gasteiger partial charge in [0.1, 0.15) is 0 Å². The van der Waals surface area contributed by atoms with E-state index in [9.17, 15) is 0 Å². The molecule has 23 heavy (non-hydrogen) atoms. The van der Waals surface area contributed by atoms with Crippen molar-refractivity contribution in [1.82, 2.24) is 0 Å². The lowest BCUT2D eigenvalue weighted by Gasteiger charge is -2.29. The maximum atomic E-state index is 3.86. The Kier molecular flexibility index (Phi) is 9.39. The Hall–Kier alpha value is -0.260. The van der Waals surface area contributed by atoms with Gasteiger partial charge < -0.3 is 0 Å². The summed E-state index contributed by atoms with van der Waals surface area (Å²) in [6, 6.07) is 0. The molecule has 0 bridgehead atoms. The summed E-state index contributed by atoms with van der Waals surface area (Å²) in [4.78, 5) is 0. The van der Waals surface area contributed by atoms with E-state index in [4.69, 9.17) is 0 Å². The molecule has 2 rings (SSSR count). The Morgan fingerprint density at radius 2 is 1.04 bits per heavy atom. The van der Waals surface area contributed by atoms with E-state index in [0.717, 1.165) is 23.7 Å². The summed E-state index contributed by atoms with van der Waals surface area (Å²) in [5.74, 6) is 4.24. The minimum absolute atomic E-state index is 1.02. The minimum Gasteiger partial charge on any atom is -0.103 e. The average molecular weight is 319 g/mol.